The first-order chi connectivity index (χ1) is 10.7. The summed E-state index contributed by atoms with van der Waals surface area (Å²) in [6.45, 7) is 6.83. The van der Waals surface area contributed by atoms with Crippen molar-refractivity contribution in [1.29, 1.82) is 0 Å². The molecule has 1 fully saturated rings. The van der Waals surface area contributed by atoms with Crippen LogP contribution < -0.4 is 10.6 Å². The van der Waals surface area contributed by atoms with E-state index < -0.39 is 9.84 Å². The maximum absolute atomic E-state index is 12.2. The van der Waals surface area contributed by atoms with Gasteiger partial charge >= 0.3 is 0 Å². The largest absolute Gasteiger partial charge is 0.360 e. The lowest BCUT2D eigenvalue weighted by molar-refractivity contribution is -0.120. The van der Waals surface area contributed by atoms with Crippen molar-refractivity contribution < 1.29 is 13.2 Å². The maximum atomic E-state index is 12.2. The van der Waals surface area contributed by atoms with E-state index in [9.17, 15) is 13.2 Å². The second kappa shape index (κ2) is 7.80. The van der Waals surface area contributed by atoms with E-state index in [1.165, 1.54) is 23.1 Å². The van der Waals surface area contributed by atoms with E-state index in [0.717, 1.165) is 16.0 Å². The number of rotatable bonds is 7. The van der Waals surface area contributed by atoms with E-state index in [-0.39, 0.29) is 28.7 Å². The molecule has 0 radical (unpaired) electrons. The van der Waals surface area contributed by atoms with Crippen molar-refractivity contribution in [3.63, 3.8) is 0 Å². The molecule has 23 heavy (non-hydrogen) atoms. The smallest absolute Gasteiger partial charge is 0.233 e. The molecule has 7 nitrogen and oxygen atoms in total. The molecule has 2 heterocycles. The first-order valence-electron chi connectivity index (χ1n) is 7.50. The highest BCUT2D eigenvalue weighted by atomic mass is 32.2. The van der Waals surface area contributed by atoms with Crippen LogP contribution in [0, 0.1) is 5.92 Å². The molecule has 2 N–H and O–H groups in total. The Labute approximate surface area is 144 Å². The second-order valence-electron chi connectivity index (χ2n) is 6.02. The van der Waals surface area contributed by atoms with Gasteiger partial charge in [-0.05, 0) is 19.3 Å². The molecule has 0 spiro atoms. The molecule has 1 aromatic heterocycles. The zero-order chi connectivity index (χ0) is 17.0. The van der Waals surface area contributed by atoms with Crippen LogP contribution in [-0.2, 0) is 14.6 Å². The Morgan fingerprint density at radius 2 is 2.13 bits per heavy atom. The molecule has 0 bridgehead atoms. The topological polar surface area (TPSA) is 101 Å². The van der Waals surface area contributed by atoms with Gasteiger partial charge in [-0.2, -0.15) is 0 Å². The summed E-state index contributed by atoms with van der Waals surface area (Å²) in [5, 5.41) is 14.5. The normalized spacial score (nSPS) is 21.3. The summed E-state index contributed by atoms with van der Waals surface area (Å²) < 4.78 is 23.6. The van der Waals surface area contributed by atoms with Crippen molar-refractivity contribution in [2.24, 2.45) is 5.92 Å². The number of nitrogens with zero attached hydrogens (tertiary/aromatic N) is 2. The maximum Gasteiger partial charge on any atom is 0.233 e. The Bertz CT molecular complexity index is 645. The summed E-state index contributed by atoms with van der Waals surface area (Å²) in [6, 6.07) is -0.270. The van der Waals surface area contributed by atoms with Crippen LogP contribution in [0.1, 0.15) is 27.2 Å². The zero-order valence-electron chi connectivity index (χ0n) is 13.4. The first kappa shape index (κ1) is 18.5. The molecule has 2 rings (SSSR count). The van der Waals surface area contributed by atoms with Gasteiger partial charge in [0.15, 0.2) is 14.2 Å². The van der Waals surface area contributed by atoms with Gasteiger partial charge in [-0.3, -0.25) is 4.79 Å². The first-order valence-corrected chi connectivity index (χ1v) is 11.0. The summed E-state index contributed by atoms with van der Waals surface area (Å²) in [5.41, 5.74) is 0. The van der Waals surface area contributed by atoms with Crippen molar-refractivity contribution in [1.82, 2.24) is 15.5 Å². The highest BCUT2D eigenvalue weighted by Gasteiger charge is 2.30. The molecule has 0 unspecified atom stereocenters. The van der Waals surface area contributed by atoms with Crippen molar-refractivity contribution in [2.75, 3.05) is 23.4 Å². The van der Waals surface area contributed by atoms with Gasteiger partial charge < -0.3 is 10.6 Å². The molecule has 1 aliphatic heterocycles. The van der Waals surface area contributed by atoms with Crippen LogP contribution in [0.15, 0.2) is 4.34 Å². The standard InChI is InChI=1S/C13H22N4O3S3/c1-8(2)6-14-12-16-17-13(22-12)21-9(3)11(18)15-10-4-5-23(19,20)7-10/h8-10H,4-7H2,1-3H3,(H,14,16)(H,15,18)/t9-,10-/m1/s1. The monoisotopic (exact) mass is 378 g/mol. The number of carbonyl (C=O) groups excluding carboxylic acids is 1. The van der Waals surface area contributed by atoms with Crippen LogP contribution in [0.5, 0.6) is 0 Å². The Morgan fingerprint density at radius 1 is 1.39 bits per heavy atom. The van der Waals surface area contributed by atoms with E-state index in [1.807, 2.05) is 0 Å². The Hall–Kier alpha value is -0.870. The molecule has 1 amide bonds. The summed E-state index contributed by atoms with van der Waals surface area (Å²) >= 11 is 2.75. The SMILES string of the molecule is CC(C)CNc1nnc(S[C@H](C)C(=O)N[C@@H]2CCS(=O)(=O)C2)s1. The van der Waals surface area contributed by atoms with Gasteiger partial charge in [0.2, 0.25) is 11.0 Å². The number of nitrogens with one attached hydrogen (secondary N) is 2. The van der Waals surface area contributed by atoms with Gasteiger partial charge in [0.25, 0.3) is 0 Å². The third-order valence-electron chi connectivity index (χ3n) is 3.29. The number of sulfone groups is 1. The van der Waals surface area contributed by atoms with E-state index in [2.05, 4.69) is 34.7 Å². The predicted octanol–water partition coefficient (Wildman–Crippen LogP) is 1.39. The molecule has 1 saturated heterocycles. The van der Waals surface area contributed by atoms with Gasteiger partial charge in [-0.1, -0.05) is 36.9 Å². The van der Waals surface area contributed by atoms with Crippen LogP contribution in [0.4, 0.5) is 5.13 Å². The molecule has 2 atom stereocenters. The lowest BCUT2D eigenvalue weighted by atomic mass is 10.2. The van der Waals surface area contributed by atoms with Gasteiger partial charge in [-0.25, -0.2) is 8.42 Å². The summed E-state index contributed by atoms with van der Waals surface area (Å²) in [6.07, 6.45) is 0.494. The Kier molecular flexibility index (Phi) is 6.26. The fraction of sp³-hybridized carbons (Fsp3) is 0.769. The predicted molar refractivity (Wildman–Crippen MR) is 93.8 cm³/mol. The fourth-order valence-corrected chi connectivity index (χ4v) is 5.64. The highest BCUT2D eigenvalue weighted by molar-refractivity contribution is 8.02. The van der Waals surface area contributed by atoms with Gasteiger partial charge in [0.05, 0.1) is 16.8 Å². The molecule has 0 aliphatic carbocycles. The van der Waals surface area contributed by atoms with Crippen molar-refractivity contribution in [3.05, 3.63) is 0 Å². The third kappa shape index (κ3) is 5.92. The van der Waals surface area contributed by atoms with Gasteiger partial charge in [0, 0.05) is 12.6 Å². The number of anilines is 1. The minimum Gasteiger partial charge on any atom is -0.360 e. The minimum absolute atomic E-state index is 0.0399. The van der Waals surface area contributed by atoms with Crippen LogP contribution >= 0.6 is 23.1 Å². The van der Waals surface area contributed by atoms with Crippen LogP contribution in [0.3, 0.4) is 0 Å². The quantitative estimate of drug-likeness (QED) is 0.691. The summed E-state index contributed by atoms with van der Waals surface area (Å²) in [7, 11) is -2.99. The lowest BCUT2D eigenvalue weighted by Gasteiger charge is -2.14. The van der Waals surface area contributed by atoms with E-state index >= 15 is 0 Å². The zero-order valence-corrected chi connectivity index (χ0v) is 15.9. The molecule has 0 aromatic carbocycles. The molecule has 0 saturated carbocycles. The Morgan fingerprint density at radius 3 is 2.74 bits per heavy atom. The van der Waals surface area contributed by atoms with Crippen molar-refractivity contribution in [3.8, 4) is 0 Å². The van der Waals surface area contributed by atoms with E-state index in [4.69, 9.17) is 0 Å². The van der Waals surface area contributed by atoms with Crippen molar-refractivity contribution >= 4 is 44.0 Å². The summed E-state index contributed by atoms with van der Waals surface area (Å²) in [4.78, 5) is 12.2. The molecule has 1 aliphatic rings. The molecular weight excluding hydrogens is 356 g/mol. The fourth-order valence-electron chi connectivity index (χ4n) is 2.05. The van der Waals surface area contributed by atoms with E-state index in [0.29, 0.717) is 12.3 Å². The molecule has 1 aromatic rings. The number of carbonyl (C=O) groups is 1. The average molecular weight is 379 g/mol. The number of hydrogen-bond donors (Lipinski definition) is 2. The number of aromatic nitrogens is 2. The minimum atomic E-state index is -2.99. The van der Waals surface area contributed by atoms with E-state index in [1.54, 1.807) is 6.92 Å². The van der Waals surface area contributed by atoms with Crippen molar-refractivity contribution in [2.45, 2.75) is 42.8 Å². The molecule has 130 valence electrons. The number of amides is 1. The molecular formula is C13H22N4O3S3. The third-order valence-corrected chi connectivity index (χ3v) is 7.13. The molecule has 10 heteroatoms. The van der Waals surface area contributed by atoms with Crippen LogP contribution in [0.25, 0.3) is 0 Å². The van der Waals surface area contributed by atoms with Gasteiger partial charge in [0.1, 0.15) is 0 Å². The van der Waals surface area contributed by atoms with Gasteiger partial charge in [-0.15, -0.1) is 10.2 Å². The number of thioether (sulfide) groups is 1. The van der Waals surface area contributed by atoms with Crippen LogP contribution in [-0.4, -0.2) is 53.9 Å². The van der Waals surface area contributed by atoms with Crippen LogP contribution in [0.2, 0.25) is 0 Å². The second-order valence-corrected chi connectivity index (χ2v) is 10.8. The average Bonchev–Trinajstić information content (AvgIpc) is 3.03. The Balaban J connectivity index is 1.81. The summed E-state index contributed by atoms with van der Waals surface area (Å²) in [5.74, 6) is 0.547. The highest BCUT2D eigenvalue weighted by Crippen LogP contribution is 2.29. The lowest BCUT2D eigenvalue weighted by Crippen LogP contribution is -2.39. The number of hydrogen-bond acceptors (Lipinski definition) is 8.